The number of rotatable bonds is 6. The fourth-order valence-corrected chi connectivity index (χ4v) is 4.46. The highest BCUT2D eigenvalue weighted by Crippen LogP contribution is 2.41. The summed E-state index contributed by atoms with van der Waals surface area (Å²) in [5.74, 6) is 0.00396. The number of imidazole rings is 1. The van der Waals surface area contributed by atoms with Gasteiger partial charge in [0, 0.05) is 36.1 Å². The Hall–Kier alpha value is -2.78. The highest BCUT2D eigenvalue weighted by atomic mass is 35.5. The molecule has 1 aromatic heterocycles. The van der Waals surface area contributed by atoms with E-state index in [2.05, 4.69) is 4.98 Å². The predicted molar refractivity (Wildman–Crippen MR) is 122 cm³/mol. The average molecular weight is 490 g/mol. The number of carbonyl (C=O) groups is 1. The molecular formula is C23H21Cl2N3O5. The summed E-state index contributed by atoms with van der Waals surface area (Å²) < 4.78 is 25.9. The Labute approximate surface area is 200 Å². The van der Waals surface area contributed by atoms with Crippen LogP contribution >= 0.6 is 23.2 Å². The maximum Gasteiger partial charge on any atom is 0.264 e. The molecule has 8 nitrogen and oxygen atoms in total. The fraction of sp³-hybridized carbons (Fsp3) is 0.304. The van der Waals surface area contributed by atoms with E-state index in [-0.39, 0.29) is 25.2 Å². The van der Waals surface area contributed by atoms with Crippen molar-refractivity contribution >= 4 is 34.8 Å². The van der Waals surface area contributed by atoms with Crippen molar-refractivity contribution in [2.45, 2.75) is 18.4 Å². The Bertz CT molecular complexity index is 1170. The van der Waals surface area contributed by atoms with Crippen LogP contribution in [0.3, 0.4) is 0 Å². The zero-order chi connectivity index (χ0) is 23.0. The molecule has 2 aliphatic rings. The number of likely N-dealkylation sites (N-methyl/N-ethyl adjacent to an activating group) is 1. The molecule has 10 heteroatoms. The van der Waals surface area contributed by atoms with Crippen LogP contribution in [0.4, 0.5) is 5.69 Å². The summed E-state index contributed by atoms with van der Waals surface area (Å²) in [6, 6.07) is 10.6. The number of hydrogen-bond donors (Lipinski definition) is 0. The molecule has 0 N–H and O–H groups in total. The zero-order valence-electron chi connectivity index (χ0n) is 17.7. The number of halogens is 2. The van der Waals surface area contributed by atoms with Gasteiger partial charge >= 0.3 is 0 Å². The minimum atomic E-state index is -1.12. The first-order valence-electron chi connectivity index (χ1n) is 10.3. The van der Waals surface area contributed by atoms with Crippen molar-refractivity contribution in [2.24, 2.45) is 0 Å². The molecule has 33 heavy (non-hydrogen) atoms. The highest BCUT2D eigenvalue weighted by Gasteiger charge is 2.45. The quantitative estimate of drug-likeness (QED) is 0.522. The van der Waals surface area contributed by atoms with Gasteiger partial charge in [0.25, 0.3) is 5.91 Å². The van der Waals surface area contributed by atoms with Crippen molar-refractivity contribution in [1.82, 2.24) is 9.55 Å². The summed E-state index contributed by atoms with van der Waals surface area (Å²) in [6.45, 7) is 0.936. The number of ether oxygens (including phenoxy) is 4. The molecule has 1 fully saturated rings. The number of nitrogens with zero attached hydrogens (tertiary/aromatic N) is 3. The van der Waals surface area contributed by atoms with E-state index in [1.807, 2.05) is 10.8 Å². The lowest BCUT2D eigenvalue weighted by Gasteiger charge is -2.30. The predicted octanol–water partition coefficient (Wildman–Crippen LogP) is 3.89. The SMILES string of the molecule is CN1C(=O)COc2ccc(OC[C@H]3CO[C@](Cn4ccnc4)(c4ccc(Cl)cc4Cl)O3)cc21. The molecule has 0 radical (unpaired) electrons. The lowest BCUT2D eigenvalue weighted by Crippen LogP contribution is -2.35. The van der Waals surface area contributed by atoms with E-state index >= 15 is 0 Å². The zero-order valence-corrected chi connectivity index (χ0v) is 19.3. The lowest BCUT2D eigenvalue weighted by atomic mass is 10.1. The Kier molecular flexibility index (Phi) is 5.92. The van der Waals surface area contributed by atoms with E-state index in [1.165, 1.54) is 0 Å². The average Bonchev–Trinajstić information content (AvgIpc) is 3.46. The van der Waals surface area contributed by atoms with E-state index < -0.39 is 5.79 Å². The number of aromatic nitrogens is 2. The van der Waals surface area contributed by atoms with Gasteiger partial charge in [-0.15, -0.1) is 0 Å². The lowest BCUT2D eigenvalue weighted by molar-refractivity contribution is -0.189. The molecule has 0 bridgehead atoms. The van der Waals surface area contributed by atoms with Crippen LogP contribution in [0.15, 0.2) is 55.1 Å². The highest BCUT2D eigenvalue weighted by molar-refractivity contribution is 6.35. The van der Waals surface area contributed by atoms with Crippen LogP contribution in [-0.4, -0.2) is 48.4 Å². The van der Waals surface area contributed by atoms with Gasteiger partial charge in [0.1, 0.15) is 24.2 Å². The van der Waals surface area contributed by atoms with Gasteiger partial charge in [-0.2, -0.15) is 0 Å². The van der Waals surface area contributed by atoms with E-state index in [4.69, 9.17) is 42.1 Å². The molecule has 0 unspecified atom stereocenters. The van der Waals surface area contributed by atoms with Crippen LogP contribution < -0.4 is 14.4 Å². The minimum Gasteiger partial charge on any atom is -0.491 e. The van der Waals surface area contributed by atoms with Crippen LogP contribution in [0.2, 0.25) is 10.0 Å². The molecule has 1 saturated heterocycles. The van der Waals surface area contributed by atoms with Gasteiger partial charge in [0.05, 0.1) is 30.2 Å². The number of carbonyl (C=O) groups excluding carboxylic acids is 1. The molecule has 0 aliphatic carbocycles. The third-order valence-electron chi connectivity index (χ3n) is 5.60. The molecule has 3 heterocycles. The summed E-state index contributed by atoms with van der Waals surface area (Å²) in [5, 5.41) is 0.978. The van der Waals surface area contributed by atoms with Crippen LogP contribution in [0.25, 0.3) is 0 Å². The largest absolute Gasteiger partial charge is 0.491 e. The van der Waals surface area contributed by atoms with Crippen LogP contribution in [-0.2, 0) is 26.6 Å². The van der Waals surface area contributed by atoms with Gasteiger partial charge in [-0.1, -0.05) is 29.3 Å². The van der Waals surface area contributed by atoms with Gasteiger partial charge in [-0.25, -0.2) is 4.98 Å². The van der Waals surface area contributed by atoms with E-state index in [1.54, 1.807) is 60.9 Å². The number of anilines is 1. The molecule has 2 aromatic carbocycles. The summed E-state index contributed by atoms with van der Waals surface area (Å²) in [6.07, 6.45) is 4.85. The normalized spacial score (nSPS) is 22.2. The summed E-state index contributed by atoms with van der Waals surface area (Å²) in [7, 11) is 1.71. The monoisotopic (exact) mass is 489 g/mol. The van der Waals surface area contributed by atoms with E-state index in [0.717, 1.165) is 0 Å². The minimum absolute atomic E-state index is 0.0310. The van der Waals surface area contributed by atoms with Gasteiger partial charge in [-0.3, -0.25) is 4.79 Å². The summed E-state index contributed by atoms with van der Waals surface area (Å²) in [4.78, 5) is 17.6. The van der Waals surface area contributed by atoms with Gasteiger partial charge < -0.3 is 28.4 Å². The molecule has 0 saturated carbocycles. The molecule has 1 amide bonds. The Balaban J connectivity index is 1.33. The molecular weight excluding hydrogens is 469 g/mol. The molecule has 2 atom stereocenters. The van der Waals surface area contributed by atoms with E-state index in [9.17, 15) is 4.79 Å². The van der Waals surface area contributed by atoms with Crippen LogP contribution in [0.1, 0.15) is 5.56 Å². The smallest absolute Gasteiger partial charge is 0.264 e. The molecule has 172 valence electrons. The van der Waals surface area contributed by atoms with Crippen molar-refractivity contribution in [1.29, 1.82) is 0 Å². The first kappa shape index (κ1) is 22.0. The standard InChI is InChI=1S/C23H21Cl2N3O5/c1-27-20-9-16(3-5-21(20)31-12-22(27)29)30-10-17-11-32-23(33-17,13-28-7-6-26-14-28)18-4-2-15(24)8-19(18)25/h2-9,14,17H,10-13H2,1H3/t17-,23-/m0/s1. The maximum absolute atomic E-state index is 11.9. The Morgan fingerprint density at radius 2 is 2.12 bits per heavy atom. The van der Waals surface area contributed by atoms with E-state index in [0.29, 0.717) is 45.9 Å². The second kappa shape index (κ2) is 8.87. The van der Waals surface area contributed by atoms with Crippen molar-refractivity contribution in [3.63, 3.8) is 0 Å². The van der Waals surface area contributed by atoms with Gasteiger partial charge in [0.2, 0.25) is 5.79 Å². The molecule has 5 rings (SSSR count). The molecule has 0 spiro atoms. The van der Waals surface area contributed by atoms with Crippen LogP contribution in [0, 0.1) is 0 Å². The number of benzene rings is 2. The first-order valence-corrected chi connectivity index (χ1v) is 11.1. The van der Waals surface area contributed by atoms with Gasteiger partial charge in [-0.05, 0) is 24.3 Å². The third-order valence-corrected chi connectivity index (χ3v) is 6.15. The first-order chi connectivity index (χ1) is 15.9. The second-order valence-electron chi connectivity index (χ2n) is 7.84. The maximum atomic E-state index is 11.9. The Morgan fingerprint density at radius 3 is 2.91 bits per heavy atom. The second-order valence-corrected chi connectivity index (χ2v) is 8.69. The van der Waals surface area contributed by atoms with Crippen molar-refractivity contribution < 1.29 is 23.7 Å². The van der Waals surface area contributed by atoms with Gasteiger partial charge in [0.15, 0.2) is 6.61 Å². The number of hydrogen-bond acceptors (Lipinski definition) is 6. The fourth-order valence-electron chi connectivity index (χ4n) is 3.91. The van der Waals surface area contributed by atoms with Crippen molar-refractivity contribution in [3.05, 3.63) is 70.7 Å². The molecule has 2 aliphatic heterocycles. The van der Waals surface area contributed by atoms with Crippen LogP contribution in [0.5, 0.6) is 11.5 Å². The number of fused-ring (bicyclic) bond motifs is 1. The summed E-state index contributed by atoms with van der Waals surface area (Å²) in [5.41, 5.74) is 1.34. The topological polar surface area (TPSA) is 75.0 Å². The van der Waals surface area contributed by atoms with Crippen molar-refractivity contribution in [2.75, 3.05) is 31.8 Å². The third kappa shape index (κ3) is 4.39. The van der Waals surface area contributed by atoms with Crippen molar-refractivity contribution in [3.8, 4) is 11.5 Å². The Morgan fingerprint density at radius 1 is 1.24 bits per heavy atom. The number of amides is 1. The molecule has 3 aromatic rings. The summed E-state index contributed by atoms with van der Waals surface area (Å²) >= 11 is 12.6.